The van der Waals surface area contributed by atoms with Gasteiger partial charge in [-0.3, -0.25) is 0 Å². The van der Waals surface area contributed by atoms with Crippen molar-refractivity contribution in [2.45, 2.75) is 19.8 Å². The lowest BCUT2D eigenvalue weighted by molar-refractivity contribution is 0.238. The van der Waals surface area contributed by atoms with Crippen LogP contribution in [0.2, 0.25) is 0 Å². The first-order valence-electron chi connectivity index (χ1n) is 4.04. The van der Waals surface area contributed by atoms with Crippen molar-refractivity contribution in [1.82, 2.24) is 4.90 Å². The first-order chi connectivity index (χ1) is 4.70. The van der Waals surface area contributed by atoms with Crippen LogP contribution in [0.4, 0.5) is 0 Å². The van der Waals surface area contributed by atoms with Gasteiger partial charge in [-0.25, -0.2) is 0 Å². The maximum atomic E-state index is 3.99. The monoisotopic (exact) mass is 139 g/mol. The highest BCUT2D eigenvalue weighted by atomic mass is 15.1. The highest BCUT2D eigenvalue weighted by molar-refractivity contribution is 4.97. The molecule has 1 fully saturated rings. The molecule has 10 heavy (non-hydrogen) atoms. The quantitative estimate of drug-likeness (QED) is 0.501. The van der Waals surface area contributed by atoms with Crippen LogP contribution in [0.25, 0.3) is 0 Å². The summed E-state index contributed by atoms with van der Waals surface area (Å²) >= 11 is 0. The van der Waals surface area contributed by atoms with Crippen LogP contribution < -0.4 is 0 Å². The van der Waals surface area contributed by atoms with E-state index < -0.39 is 0 Å². The minimum atomic E-state index is 0.802. The van der Waals surface area contributed by atoms with E-state index in [1.165, 1.54) is 31.5 Å². The van der Waals surface area contributed by atoms with E-state index >= 15 is 0 Å². The Morgan fingerprint density at radius 1 is 1.40 bits per heavy atom. The number of allylic oxidation sites excluding steroid dienone is 1. The summed E-state index contributed by atoms with van der Waals surface area (Å²) < 4.78 is 0. The molecule has 0 atom stereocenters. The molecule has 58 valence electrons. The number of hydrogen-bond donors (Lipinski definition) is 0. The van der Waals surface area contributed by atoms with Gasteiger partial charge in [0.25, 0.3) is 0 Å². The second-order valence-electron chi connectivity index (χ2n) is 3.42. The van der Waals surface area contributed by atoms with Crippen molar-refractivity contribution in [2.24, 2.45) is 5.92 Å². The normalized spacial score (nSPS) is 23.0. The molecule has 1 nitrogen and oxygen atoms in total. The lowest BCUT2D eigenvalue weighted by atomic mass is 9.91. The molecule has 1 heteroatoms. The number of piperidine rings is 1. The van der Waals surface area contributed by atoms with Gasteiger partial charge in [0.2, 0.25) is 0 Å². The zero-order valence-corrected chi connectivity index (χ0v) is 7.06. The van der Waals surface area contributed by atoms with E-state index in [4.69, 9.17) is 0 Å². The predicted molar refractivity (Wildman–Crippen MR) is 45.0 cm³/mol. The molecular formula is C9H17N. The molecule has 0 aromatic rings. The summed E-state index contributed by atoms with van der Waals surface area (Å²) in [6.45, 7) is 8.63. The highest BCUT2D eigenvalue weighted by Gasteiger charge is 2.16. The van der Waals surface area contributed by atoms with Crippen molar-refractivity contribution in [2.75, 3.05) is 20.1 Å². The van der Waals surface area contributed by atoms with Crippen molar-refractivity contribution in [3.8, 4) is 0 Å². The van der Waals surface area contributed by atoms with Crippen LogP contribution in [-0.4, -0.2) is 25.0 Å². The van der Waals surface area contributed by atoms with Gasteiger partial charge in [0, 0.05) is 0 Å². The van der Waals surface area contributed by atoms with Gasteiger partial charge in [-0.05, 0) is 45.8 Å². The predicted octanol–water partition coefficient (Wildman–Crippen LogP) is 1.90. The van der Waals surface area contributed by atoms with Gasteiger partial charge in [0.15, 0.2) is 0 Å². The van der Waals surface area contributed by atoms with Crippen LogP contribution in [0.3, 0.4) is 0 Å². The standard InChI is InChI=1S/C9H17N/c1-8(2)9-4-6-10(3)7-5-9/h9H,1,4-7H2,2-3H3. The summed E-state index contributed by atoms with van der Waals surface area (Å²) in [5, 5.41) is 0. The van der Waals surface area contributed by atoms with Gasteiger partial charge in [-0.1, -0.05) is 12.2 Å². The van der Waals surface area contributed by atoms with Crippen molar-refractivity contribution >= 4 is 0 Å². The van der Waals surface area contributed by atoms with Crippen molar-refractivity contribution < 1.29 is 0 Å². The van der Waals surface area contributed by atoms with Gasteiger partial charge >= 0.3 is 0 Å². The molecule has 0 unspecified atom stereocenters. The molecular weight excluding hydrogens is 122 g/mol. The zero-order valence-electron chi connectivity index (χ0n) is 7.06. The molecule has 0 aromatic heterocycles. The van der Waals surface area contributed by atoms with E-state index in [0.717, 1.165) is 5.92 Å². The molecule has 1 aliphatic rings. The molecule has 0 radical (unpaired) electrons. The Labute approximate surface area is 63.7 Å². The van der Waals surface area contributed by atoms with E-state index in [2.05, 4.69) is 25.5 Å². The third-order valence-corrected chi connectivity index (χ3v) is 2.42. The molecule has 0 amide bonds. The second-order valence-corrected chi connectivity index (χ2v) is 3.42. The Hall–Kier alpha value is -0.300. The van der Waals surface area contributed by atoms with Crippen LogP contribution in [0, 0.1) is 5.92 Å². The highest BCUT2D eigenvalue weighted by Crippen LogP contribution is 2.21. The van der Waals surface area contributed by atoms with Crippen molar-refractivity contribution in [3.63, 3.8) is 0 Å². The van der Waals surface area contributed by atoms with E-state index in [0.29, 0.717) is 0 Å². The van der Waals surface area contributed by atoms with Gasteiger partial charge in [-0.15, -0.1) is 0 Å². The second kappa shape index (κ2) is 3.20. The summed E-state index contributed by atoms with van der Waals surface area (Å²) in [5.41, 5.74) is 1.37. The number of rotatable bonds is 1. The minimum Gasteiger partial charge on any atom is -0.306 e. The average Bonchev–Trinajstić information content (AvgIpc) is 1.88. The van der Waals surface area contributed by atoms with Gasteiger partial charge in [0.05, 0.1) is 0 Å². The lowest BCUT2D eigenvalue weighted by Gasteiger charge is -2.28. The molecule has 0 aromatic carbocycles. The molecule has 1 heterocycles. The van der Waals surface area contributed by atoms with Crippen molar-refractivity contribution in [1.29, 1.82) is 0 Å². The van der Waals surface area contributed by atoms with Crippen LogP contribution in [0.15, 0.2) is 12.2 Å². The van der Waals surface area contributed by atoms with Crippen LogP contribution in [-0.2, 0) is 0 Å². The third kappa shape index (κ3) is 1.84. The molecule has 0 bridgehead atoms. The van der Waals surface area contributed by atoms with Crippen LogP contribution >= 0.6 is 0 Å². The SMILES string of the molecule is C=C(C)C1CCN(C)CC1. The van der Waals surface area contributed by atoms with Crippen LogP contribution in [0.1, 0.15) is 19.8 Å². The molecule has 0 N–H and O–H groups in total. The van der Waals surface area contributed by atoms with E-state index in [9.17, 15) is 0 Å². The summed E-state index contributed by atoms with van der Waals surface area (Å²) in [5.74, 6) is 0.802. The van der Waals surface area contributed by atoms with Gasteiger partial charge < -0.3 is 4.90 Å². The molecule has 1 aliphatic heterocycles. The molecule has 0 aliphatic carbocycles. The van der Waals surface area contributed by atoms with E-state index in [1.807, 2.05) is 0 Å². The van der Waals surface area contributed by atoms with Gasteiger partial charge in [0.1, 0.15) is 0 Å². The molecule has 1 rings (SSSR count). The van der Waals surface area contributed by atoms with Gasteiger partial charge in [-0.2, -0.15) is 0 Å². The number of hydrogen-bond acceptors (Lipinski definition) is 1. The Balaban J connectivity index is 2.33. The minimum absolute atomic E-state index is 0.802. The largest absolute Gasteiger partial charge is 0.306 e. The Morgan fingerprint density at radius 2 is 1.90 bits per heavy atom. The first kappa shape index (κ1) is 7.80. The summed E-state index contributed by atoms with van der Waals surface area (Å²) in [7, 11) is 2.19. The fourth-order valence-corrected chi connectivity index (χ4v) is 1.50. The number of nitrogens with zero attached hydrogens (tertiary/aromatic N) is 1. The summed E-state index contributed by atoms with van der Waals surface area (Å²) in [6, 6.07) is 0. The summed E-state index contributed by atoms with van der Waals surface area (Å²) in [4.78, 5) is 2.39. The van der Waals surface area contributed by atoms with E-state index in [1.54, 1.807) is 0 Å². The fraction of sp³-hybridized carbons (Fsp3) is 0.778. The molecule has 0 saturated carbocycles. The van der Waals surface area contributed by atoms with Crippen molar-refractivity contribution in [3.05, 3.63) is 12.2 Å². The maximum absolute atomic E-state index is 3.99. The van der Waals surface area contributed by atoms with E-state index in [-0.39, 0.29) is 0 Å². The lowest BCUT2D eigenvalue weighted by Crippen LogP contribution is -2.30. The maximum Gasteiger partial charge on any atom is -0.00161 e. The summed E-state index contributed by atoms with van der Waals surface area (Å²) in [6.07, 6.45) is 2.62. The molecule has 1 saturated heterocycles. The average molecular weight is 139 g/mol. The molecule has 0 spiro atoms. The topological polar surface area (TPSA) is 3.24 Å². The Morgan fingerprint density at radius 3 is 2.30 bits per heavy atom. The number of likely N-dealkylation sites (tertiary alicyclic amines) is 1. The Kier molecular flexibility index (Phi) is 2.50. The zero-order chi connectivity index (χ0) is 7.56. The smallest absolute Gasteiger partial charge is 0.00161 e. The first-order valence-corrected chi connectivity index (χ1v) is 4.04. The third-order valence-electron chi connectivity index (χ3n) is 2.42. The Bertz CT molecular complexity index is 121. The fourth-order valence-electron chi connectivity index (χ4n) is 1.50. The van der Waals surface area contributed by atoms with Crippen LogP contribution in [0.5, 0.6) is 0 Å².